The summed E-state index contributed by atoms with van der Waals surface area (Å²) in [5.41, 5.74) is 2.39. The maximum atomic E-state index is 2.37. The molecular weight excluding hydrogens is 649 g/mol. The first-order valence-corrected chi connectivity index (χ1v) is 25.2. The molecule has 0 nitrogen and oxygen atoms in total. The van der Waals surface area contributed by atoms with Gasteiger partial charge < -0.3 is 0 Å². The Bertz CT molecular complexity index is 872. The summed E-state index contributed by atoms with van der Waals surface area (Å²) in [4.78, 5) is 0. The van der Waals surface area contributed by atoms with Gasteiger partial charge in [0.25, 0.3) is 0 Å². The van der Waals surface area contributed by atoms with Crippen molar-refractivity contribution in [2.75, 3.05) is 0 Å². The molecule has 4 unspecified atom stereocenters. The van der Waals surface area contributed by atoms with E-state index in [-0.39, 0.29) is 0 Å². The van der Waals surface area contributed by atoms with Crippen molar-refractivity contribution < 1.29 is 0 Å². The molecular formula is C54H106. The van der Waals surface area contributed by atoms with Gasteiger partial charge in [-0.3, -0.25) is 0 Å². The first-order chi connectivity index (χ1) is 25.2. The van der Waals surface area contributed by atoms with Crippen LogP contribution in [-0.2, 0) is 0 Å². The smallest absolute Gasteiger partial charge is 0.0268 e. The van der Waals surface area contributed by atoms with Crippen LogP contribution in [0.2, 0.25) is 0 Å². The van der Waals surface area contributed by atoms with Crippen molar-refractivity contribution in [3.63, 3.8) is 0 Å². The van der Waals surface area contributed by atoms with Crippen LogP contribution in [0.25, 0.3) is 0 Å². The Morgan fingerprint density at radius 3 is 0.833 bits per heavy atom. The van der Waals surface area contributed by atoms with Crippen molar-refractivity contribution in [1.82, 2.24) is 0 Å². The molecule has 0 heterocycles. The van der Waals surface area contributed by atoms with Gasteiger partial charge in [0.1, 0.15) is 0 Å². The van der Waals surface area contributed by atoms with Crippen molar-refractivity contribution in [3.8, 4) is 0 Å². The van der Waals surface area contributed by atoms with Crippen LogP contribution in [0.4, 0.5) is 0 Å². The summed E-state index contributed by atoms with van der Waals surface area (Å²) < 4.78 is 0. The van der Waals surface area contributed by atoms with Crippen LogP contribution < -0.4 is 0 Å². The zero-order valence-electron chi connectivity index (χ0n) is 40.9. The van der Waals surface area contributed by atoms with Gasteiger partial charge in [-0.05, 0) is 151 Å². The van der Waals surface area contributed by atoms with E-state index >= 15 is 0 Å². The van der Waals surface area contributed by atoms with Gasteiger partial charge in [0.05, 0.1) is 0 Å². The lowest BCUT2D eigenvalue weighted by molar-refractivity contribution is 0.190. The molecule has 0 aromatic heterocycles. The predicted octanol–water partition coefficient (Wildman–Crippen LogP) is 18.5. The molecule has 0 aromatic rings. The van der Waals surface area contributed by atoms with Gasteiger partial charge in [-0.15, -0.1) is 0 Å². The monoisotopic (exact) mass is 755 g/mol. The Kier molecular flexibility index (Phi) is 21.9. The summed E-state index contributed by atoms with van der Waals surface area (Å²) in [6.45, 7) is 39.4. The van der Waals surface area contributed by atoms with Crippen molar-refractivity contribution in [2.24, 2.45) is 93.2 Å². The minimum Gasteiger partial charge on any atom is -0.0651 e. The highest BCUT2D eigenvalue weighted by molar-refractivity contribution is 5.10. The van der Waals surface area contributed by atoms with Crippen molar-refractivity contribution in [2.45, 2.75) is 253 Å². The second-order valence-electron chi connectivity index (χ2n) is 23.8. The molecule has 322 valence electrons. The zero-order valence-corrected chi connectivity index (χ0v) is 40.9. The van der Waals surface area contributed by atoms with Gasteiger partial charge in [0.15, 0.2) is 0 Å². The highest BCUT2D eigenvalue weighted by Crippen LogP contribution is 2.70. The lowest BCUT2D eigenvalue weighted by Gasteiger charge is -2.33. The Hall–Kier alpha value is 0. The molecule has 0 heteroatoms. The molecule has 10 fully saturated rings. The minimum atomic E-state index is 0.708. The number of hydrogen-bond donors (Lipinski definition) is 0. The SMILES string of the molecule is CC1(C)CCC1.CC1C(C)C1C.CC1CC(C)C1.CC1CC1(C)C.CC1CCCC1.CC1CC[C@H]1C.CCC1CC1C.CCC1CCC1.C[C@H]1CC12CC2. The Morgan fingerprint density at radius 2 is 0.815 bits per heavy atom. The van der Waals surface area contributed by atoms with Gasteiger partial charge in [0, 0.05) is 0 Å². The maximum Gasteiger partial charge on any atom is -0.0268 e. The summed E-state index contributed by atoms with van der Waals surface area (Å²) in [5.74, 6) is 13.6. The van der Waals surface area contributed by atoms with E-state index < -0.39 is 0 Å². The summed E-state index contributed by atoms with van der Waals surface area (Å²) >= 11 is 0. The second kappa shape index (κ2) is 23.6. The summed E-state index contributed by atoms with van der Waals surface area (Å²) in [5, 5.41) is 0. The van der Waals surface area contributed by atoms with Gasteiger partial charge in [-0.25, -0.2) is 0 Å². The molecule has 0 amide bonds. The first-order valence-electron chi connectivity index (χ1n) is 25.2. The molecule has 0 bridgehead atoms. The second-order valence-corrected chi connectivity index (χ2v) is 23.8. The average molecular weight is 755 g/mol. The zero-order chi connectivity index (χ0) is 40.9. The van der Waals surface area contributed by atoms with Gasteiger partial charge >= 0.3 is 0 Å². The largest absolute Gasteiger partial charge is 0.0651 e. The molecule has 10 aliphatic carbocycles. The third kappa shape index (κ3) is 20.6. The van der Waals surface area contributed by atoms with E-state index in [4.69, 9.17) is 0 Å². The lowest BCUT2D eigenvalue weighted by atomic mass is 9.72. The van der Waals surface area contributed by atoms with E-state index in [1.54, 1.807) is 19.3 Å². The quantitative estimate of drug-likeness (QED) is 0.263. The van der Waals surface area contributed by atoms with Crippen LogP contribution in [0.1, 0.15) is 253 Å². The molecule has 10 saturated carbocycles. The van der Waals surface area contributed by atoms with Crippen LogP contribution in [0.15, 0.2) is 0 Å². The third-order valence-corrected chi connectivity index (χ3v) is 17.5. The highest BCUT2D eigenvalue weighted by atomic mass is 14.6. The standard InChI is InChI=1S/C6H10.8C6H12/c1-5-4-6(5)2-3-6;1-5-4-6(5,2)3;1-5-3-6(2)4-5;1-6(2)4-3-5-6;1-5-3-4-6(5)2;1-4-5(2)6(4)3;1-6-4-2-3-5-6;1-3-6-4-5(6)2;1-2-6-4-3-5-6/h5H,2-4H2,1H3;5H,4H2,1-3H3;5-6H,3-4H2,1-2H3;3-5H2,1-2H3;5-6H,3-4H2,1-2H3;4-6H,1-3H3;6H,2-5H2,1H3;5-6H,3-4H2,1-2H3;6H,2-5H2,1H3/t5-;;;;5-,6?;;;;/m0...1..../s1. The minimum absolute atomic E-state index is 0.708. The first kappa shape index (κ1) is 50.1. The fraction of sp³-hybridized carbons (Fsp3) is 1.00. The number of rotatable bonds is 2. The van der Waals surface area contributed by atoms with Crippen LogP contribution in [-0.4, -0.2) is 0 Å². The molecule has 1 spiro atoms. The van der Waals surface area contributed by atoms with E-state index in [9.17, 15) is 0 Å². The van der Waals surface area contributed by atoms with E-state index in [1.165, 1.54) is 116 Å². The van der Waals surface area contributed by atoms with Gasteiger partial charge in [-0.2, -0.15) is 0 Å². The van der Waals surface area contributed by atoms with Crippen LogP contribution in [0.3, 0.4) is 0 Å². The Labute approximate surface area is 344 Å². The topological polar surface area (TPSA) is 0 Å². The van der Waals surface area contributed by atoms with Crippen LogP contribution in [0.5, 0.6) is 0 Å². The average Bonchev–Trinajstić information content (AvgIpc) is 4.04. The molecule has 10 aliphatic rings. The summed E-state index contributed by atoms with van der Waals surface area (Å²) in [7, 11) is 0. The molecule has 0 radical (unpaired) electrons. The molecule has 0 aromatic carbocycles. The predicted molar refractivity (Wildman–Crippen MR) is 246 cm³/mol. The lowest BCUT2D eigenvalue weighted by Crippen LogP contribution is -2.20. The molecule has 0 N–H and O–H groups in total. The molecule has 6 atom stereocenters. The Morgan fingerprint density at radius 1 is 0.426 bits per heavy atom. The van der Waals surface area contributed by atoms with Crippen LogP contribution >= 0.6 is 0 Å². The third-order valence-electron chi connectivity index (χ3n) is 17.5. The molecule has 0 aliphatic heterocycles. The van der Waals surface area contributed by atoms with E-state index in [0.717, 1.165) is 87.8 Å². The normalized spacial score (nSPS) is 39.2. The Balaban J connectivity index is 0.000000210. The maximum absolute atomic E-state index is 2.37. The summed E-state index contributed by atoms with van der Waals surface area (Å²) in [6.07, 6.45) is 31.1. The molecule has 54 heavy (non-hydrogen) atoms. The fourth-order valence-corrected chi connectivity index (χ4v) is 9.07. The highest BCUT2D eigenvalue weighted by Gasteiger charge is 2.59. The van der Waals surface area contributed by atoms with Crippen LogP contribution in [0, 0.1) is 93.2 Å². The summed E-state index contributed by atoms with van der Waals surface area (Å²) in [6, 6.07) is 0. The number of hydrogen-bond acceptors (Lipinski definition) is 0. The van der Waals surface area contributed by atoms with Gasteiger partial charge in [0.2, 0.25) is 0 Å². The van der Waals surface area contributed by atoms with E-state index in [1.807, 2.05) is 0 Å². The van der Waals surface area contributed by atoms with E-state index in [0.29, 0.717) is 5.41 Å². The molecule has 10 rings (SSSR count). The van der Waals surface area contributed by atoms with E-state index in [2.05, 4.69) is 118 Å². The van der Waals surface area contributed by atoms with Gasteiger partial charge in [-0.1, -0.05) is 195 Å². The van der Waals surface area contributed by atoms with Crippen molar-refractivity contribution in [1.29, 1.82) is 0 Å². The molecule has 0 saturated heterocycles. The van der Waals surface area contributed by atoms with Crippen molar-refractivity contribution >= 4 is 0 Å². The fourth-order valence-electron chi connectivity index (χ4n) is 9.07. The van der Waals surface area contributed by atoms with Crippen molar-refractivity contribution in [3.05, 3.63) is 0 Å².